The quantitative estimate of drug-likeness (QED) is 0.801. The zero-order chi connectivity index (χ0) is 15.3. The molecule has 1 aromatic carbocycles. The topological polar surface area (TPSA) is 38.7 Å². The molecule has 0 unspecified atom stereocenters. The van der Waals surface area contributed by atoms with Crippen molar-refractivity contribution in [3.8, 4) is 5.75 Å². The van der Waals surface area contributed by atoms with Gasteiger partial charge >= 0.3 is 0 Å². The van der Waals surface area contributed by atoms with Crippen LogP contribution < -0.4 is 4.74 Å². The summed E-state index contributed by atoms with van der Waals surface area (Å²) < 4.78 is 12.0. The fourth-order valence-electron chi connectivity index (χ4n) is 2.94. The van der Waals surface area contributed by atoms with Crippen LogP contribution in [-0.2, 0) is 11.3 Å². The predicted octanol–water partition coefficient (Wildman–Crippen LogP) is 4.14. The molecule has 0 saturated carbocycles. The summed E-state index contributed by atoms with van der Waals surface area (Å²) in [4.78, 5) is 0. The summed E-state index contributed by atoms with van der Waals surface area (Å²) >= 11 is 0. The van der Waals surface area contributed by atoms with E-state index in [1.165, 1.54) is 0 Å². The fraction of sp³-hybridized carbons (Fsp3) is 0.667. The normalized spacial score (nSPS) is 19.7. The molecule has 118 valence electrons. The van der Waals surface area contributed by atoms with E-state index in [1.54, 1.807) is 0 Å². The van der Waals surface area contributed by atoms with Gasteiger partial charge in [0.05, 0.1) is 6.61 Å². The van der Waals surface area contributed by atoms with Gasteiger partial charge in [0.15, 0.2) is 0 Å². The first-order valence-corrected chi connectivity index (χ1v) is 7.96. The molecule has 1 aromatic rings. The van der Waals surface area contributed by atoms with Gasteiger partial charge in [-0.2, -0.15) is 0 Å². The molecule has 0 amide bonds. The Labute approximate surface area is 128 Å². The van der Waals surface area contributed by atoms with E-state index < -0.39 is 0 Å². The molecule has 0 saturated heterocycles. The smallest absolute Gasteiger partial charge is 0.203 e. The summed E-state index contributed by atoms with van der Waals surface area (Å²) in [5.41, 5.74) is 1.37. The highest BCUT2D eigenvalue weighted by molar-refractivity contribution is 5.33. The van der Waals surface area contributed by atoms with Crippen LogP contribution in [-0.4, -0.2) is 18.0 Å². The zero-order valence-corrected chi connectivity index (χ0v) is 13.5. The molecule has 2 atom stereocenters. The molecule has 0 aromatic heterocycles. The summed E-state index contributed by atoms with van der Waals surface area (Å²) in [6, 6.07) is 8.09. The molecule has 1 N–H and O–H groups in total. The zero-order valence-electron chi connectivity index (χ0n) is 13.5. The number of para-hydroxylation sites is 1. The number of unbranched alkanes of at least 4 members (excludes halogenated alkanes) is 1. The lowest BCUT2D eigenvalue weighted by atomic mass is 9.82. The highest BCUT2D eigenvalue weighted by Crippen LogP contribution is 2.35. The van der Waals surface area contributed by atoms with E-state index in [2.05, 4.69) is 26.8 Å². The molecular weight excluding hydrogens is 264 g/mol. The largest absolute Gasteiger partial charge is 0.464 e. The van der Waals surface area contributed by atoms with Gasteiger partial charge in [-0.05, 0) is 30.7 Å². The van der Waals surface area contributed by atoms with Crippen molar-refractivity contribution in [2.24, 2.45) is 11.3 Å². The first kappa shape index (κ1) is 16.3. The fourth-order valence-corrected chi connectivity index (χ4v) is 2.94. The number of aliphatic hydroxyl groups excluding tert-OH is 1. The minimum absolute atomic E-state index is 0.169. The van der Waals surface area contributed by atoms with Crippen molar-refractivity contribution in [1.82, 2.24) is 0 Å². The number of fused-ring (bicyclic) bond motifs is 1. The van der Waals surface area contributed by atoms with Crippen LogP contribution >= 0.6 is 0 Å². The lowest BCUT2D eigenvalue weighted by Crippen LogP contribution is -2.35. The Morgan fingerprint density at radius 1 is 1.24 bits per heavy atom. The minimum Gasteiger partial charge on any atom is -0.464 e. The molecule has 1 heterocycles. The van der Waals surface area contributed by atoms with Crippen molar-refractivity contribution < 1.29 is 14.6 Å². The second kappa shape index (κ2) is 7.28. The van der Waals surface area contributed by atoms with E-state index in [0.29, 0.717) is 12.5 Å². The Kier molecular flexibility index (Phi) is 5.65. The maximum atomic E-state index is 8.99. The number of hydrogen-bond donors (Lipinski definition) is 1. The van der Waals surface area contributed by atoms with Gasteiger partial charge in [-0.25, -0.2) is 0 Å². The Bertz CT molecular complexity index is 436. The van der Waals surface area contributed by atoms with Crippen molar-refractivity contribution in [2.75, 3.05) is 6.61 Å². The van der Waals surface area contributed by atoms with Gasteiger partial charge in [-0.15, -0.1) is 0 Å². The Morgan fingerprint density at radius 2 is 2.00 bits per heavy atom. The van der Waals surface area contributed by atoms with E-state index in [0.717, 1.165) is 37.0 Å². The lowest BCUT2D eigenvalue weighted by molar-refractivity contribution is -0.148. The first-order chi connectivity index (χ1) is 9.99. The number of rotatable bonds is 6. The molecule has 2 rings (SSSR count). The van der Waals surface area contributed by atoms with Gasteiger partial charge in [0.25, 0.3) is 0 Å². The summed E-state index contributed by atoms with van der Waals surface area (Å²) in [6.07, 6.45) is 3.79. The van der Waals surface area contributed by atoms with Crippen LogP contribution in [0.4, 0.5) is 0 Å². The van der Waals surface area contributed by atoms with Gasteiger partial charge in [-0.1, -0.05) is 45.4 Å². The van der Waals surface area contributed by atoms with Crippen molar-refractivity contribution >= 4 is 0 Å². The van der Waals surface area contributed by atoms with Crippen molar-refractivity contribution in [3.63, 3.8) is 0 Å². The average Bonchev–Trinajstić information content (AvgIpc) is 2.45. The molecule has 0 fully saturated rings. The van der Waals surface area contributed by atoms with E-state index in [4.69, 9.17) is 14.6 Å². The third-order valence-corrected chi connectivity index (χ3v) is 3.86. The maximum absolute atomic E-state index is 8.99. The highest BCUT2D eigenvalue weighted by Gasteiger charge is 2.31. The first-order valence-electron chi connectivity index (χ1n) is 7.96. The van der Waals surface area contributed by atoms with Gasteiger partial charge in [0.1, 0.15) is 5.75 Å². The Morgan fingerprint density at radius 3 is 2.71 bits per heavy atom. The van der Waals surface area contributed by atoms with E-state index in [-0.39, 0.29) is 18.3 Å². The molecule has 1 aliphatic heterocycles. The van der Waals surface area contributed by atoms with Crippen LogP contribution in [0.5, 0.6) is 5.75 Å². The van der Waals surface area contributed by atoms with Crippen LogP contribution in [0.25, 0.3) is 0 Å². The lowest BCUT2D eigenvalue weighted by Gasteiger charge is -2.35. The van der Waals surface area contributed by atoms with Crippen molar-refractivity contribution in [1.29, 1.82) is 0 Å². The molecule has 0 bridgehead atoms. The maximum Gasteiger partial charge on any atom is 0.203 e. The Hall–Kier alpha value is -1.06. The SMILES string of the molecule is CC(C)(C)C[C@@H](CCCCO)[C@@H]1OCc2ccccc2O1. The Balaban J connectivity index is 2.03. The molecule has 1 aliphatic rings. The average molecular weight is 292 g/mol. The predicted molar refractivity (Wildman–Crippen MR) is 84.1 cm³/mol. The van der Waals surface area contributed by atoms with Gasteiger partial charge in [0, 0.05) is 18.1 Å². The van der Waals surface area contributed by atoms with Crippen LogP contribution in [0.2, 0.25) is 0 Å². The second-order valence-corrected chi connectivity index (χ2v) is 7.15. The second-order valence-electron chi connectivity index (χ2n) is 7.15. The molecule has 0 spiro atoms. The third-order valence-electron chi connectivity index (χ3n) is 3.86. The van der Waals surface area contributed by atoms with E-state index in [9.17, 15) is 0 Å². The van der Waals surface area contributed by atoms with Crippen molar-refractivity contribution in [3.05, 3.63) is 29.8 Å². The molecule has 3 nitrogen and oxygen atoms in total. The standard InChI is InChI=1S/C18H28O3/c1-18(2,3)12-14(8-6-7-11-19)17-20-13-15-9-4-5-10-16(15)21-17/h4-5,9-10,14,17,19H,6-8,11-13H2,1-3H3/t14-,17-/m1/s1. The van der Waals surface area contributed by atoms with E-state index in [1.807, 2.05) is 18.2 Å². The van der Waals surface area contributed by atoms with Gasteiger partial charge in [-0.3, -0.25) is 0 Å². The van der Waals surface area contributed by atoms with Crippen LogP contribution in [0.1, 0.15) is 52.0 Å². The monoisotopic (exact) mass is 292 g/mol. The molecule has 3 heteroatoms. The van der Waals surface area contributed by atoms with Crippen LogP contribution in [0.15, 0.2) is 24.3 Å². The third kappa shape index (κ3) is 5.01. The van der Waals surface area contributed by atoms with Crippen LogP contribution in [0, 0.1) is 11.3 Å². The molecular formula is C18H28O3. The van der Waals surface area contributed by atoms with Gasteiger partial charge in [0.2, 0.25) is 6.29 Å². The highest BCUT2D eigenvalue weighted by atomic mass is 16.7. The van der Waals surface area contributed by atoms with E-state index >= 15 is 0 Å². The number of ether oxygens (including phenoxy) is 2. The van der Waals surface area contributed by atoms with Gasteiger partial charge < -0.3 is 14.6 Å². The molecule has 0 aliphatic carbocycles. The van der Waals surface area contributed by atoms with Crippen LogP contribution in [0.3, 0.4) is 0 Å². The number of hydrogen-bond acceptors (Lipinski definition) is 3. The summed E-state index contributed by atoms with van der Waals surface area (Å²) in [7, 11) is 0. The summed E-state index contributed by atoms with van der Waals surface area (Å²) in [5, 5.41) is 8.99. The summed E-state index contributed by atoms with van der Waals surface area (Å²) in [6.45, 7) is 7.65. The summed E-state index contributed by atoms with van der Waals surface area (Å²) in [5.74, 6) is 1.32. The molecule has 0 radical (unpaired) electrons. The molecule has 21 heavy (non-hydrogen) atoms. The number of benzene rings is 1. The minimum atomic E-state index is -0.169. The van der Waals surface area contributed by atoms with Crippen molar-refractivity contribution in [2.45, 2.75) is 59.4 Å². The number of aliphatic hydroxyl groups is 1.